The monoisotopic (exact) mass is 484 g/mol. The Balaban J connectivity index is 0.00000261. The first-order valence-corrected chi connectivity index (χ1v) is 10.0. The Morgan fingerprint density at radius 3 is 2.63 bits per heavy atom. The number of carbonyl (C=O) groups excluding carboxylic acids is 1. The maximum absolute atomic E-state index is 11.9. The molecule has 1 atom stereocenters. The van der Waals surface area contributed by atoms with Gasteiger partial charge in [-0.15, -0.1) is 24.0 Å². The third-order valence-corrected chi connectivity index (χ3v) is 5.48. The van der Waals surface area contributed by atoms with Gasteiger partial charge in [-0.2, -0.15) is 0 Å². The lowest BCUT2D eigenvalue weighted by Crippen LogP contribution is -2.45. The van der Waals surface area contributed by atoms with Crippen LogP contribution in [0.15, 0.2) is 35.3 Å². The molecule has 1 saturated carbocycles. The molecule has 1 unspecified atom stereocenters. The third-order valence-electron chi connectivity index (χ3n) is 5.48. The first-order valence-electron chi connectivity index (χ1n) is 10.0. The van der Waals surface area contributed by atoms with Crippen LogP contribution < -0.4 is 10.6 Å². The maximum atomic E-state index is 11.9. The number of halogens is 1. The van der Waals surface area contributed by atoms with Gasteiger partial charge in [-0.3, -0.25) is 9.79 Å². The minimum Gasteiger partial charge on any atom is -0.357 e. The van der Waals surface area contributed by atoms with Crippen molar-refractivity contribution >= 4 is 35.8 Å². The van der Waals surface area contributed by atoms with Gasteiger partial charge in [-0.1, -0.05) is 37.3 Å². The predicted octanol–water partition coefficient (Wildman–Crippen LogP) is 3.19. The third kappa shape index (κ3) is 6.36. The standard InChI is InChI=1S/C21H32N4O.HI/c1-3-19(26)25-13-10-18(15-25)24-20(22-4-2)23-16-21(11-12-21)14-17-8-6-5-7-9-17;/h5-9,18H,3-4,10-16H2,1-2H3,(H2,22,23,24);1H. The molecule has 1 aliphatic heterocycles. The number of likely N-dealkylation sites (tertiary alicyclic amines) is 1. The number of guanidine groups is 1. The molecule has 27 heavy (non-hydrogen) atoms. The smallest absolute Gasteiger partial charge is 0.222 e. The molecule has 1 amide bonds. The molecular weight excluding hydrogens is 451 g/mol. The average molecular weight is 484 g/mol. The molecule has 2 fully saturated rings. The topological polar surface area (TPSA) is 56.7 Å². The molecular formula is C21H33IN4O. The van der Waals surface area contributed by atoms with Gasteiger partial charge in [-0.05, 0) is 43.6 Å². The van der Waals surface area contributed by atoms with E-state index in [4.69, 9.17) is 4.99 Å². The number of nitrogens with one attached hydrogen (secondary N) is 2. The summed E-state index contributed by atoms with van der Waals surface area (Å²) in [7, 11) is 0. The Kier molecular flexibility index (Phi) is 8.38. The maximum Gasteiger partial charge on any atom is 0.222 e. The van der Waals surface area contributed by atoms with E-state index < -0.39 is 0 Å². The molecule has 0 bridgehead atoms. The van der Waals surface area contributed by atoms with Crippen LogP contribution in [0, 0.1) is 5.41 Å². The molecule has 2 aliphatic rings. The van der Waals surface area contributed by atoms with Gasteiger partial charge in [0.2, 0.25) is 5.91 Å². The lowest BCUT2D eigenvalue weighted by Gasteiger charge is -2.20. The van der Waals surface area contributed by atoms with Gasteiger partial charge >= 0.3 is 0 Å². The second-order valence-corrected chi connectivity index (χ2v) is 7.68. The average Bonchev–Trinajstić information content (AvgIpc) is 3.26. The van der Waals surface area contributed by atoms with Gasteiger partial charge in [0.1, 0.15) is 0 Å². The van der Waals surface area contributed by atoms with Crippen molar-refractivity contribution in [3.8, 4) is 0 Å². The normalized spacial score (nSPS) is 20.7. The number of rotatable bonds is 7. The van der Waals surface area contributed by atoms with Crippen LogP contribution in [0.5, 0.6) is 0 Å². The number of carbonyl (C=O) groups is 1. The minimum atomic E-state index is 0. The molecule has 1 saturated heterocycles. The largest absolute Gasteiger partial charge is 0.357 e. The van der Waals surface area contributed by atoms with Crippen LogP contribution in [0.25, 0.3) is 0 Å². The van der Waals surface area contributed by atoms with E-state index in [1.54, 1.807) is 0 Å². The molecule has 1 aliphatic carbocycles. The Bertz CT molecular complexity index is 630. The van der Waals surface area contributed by atoms with Crippen molar-refractivity contribution in [3.05, 3.63) is 35.9 Å². The summed E-state index contributed by atoms with van der Waals surface area (Å²) in [6.45, 7) is 7.36. The van der Waals surface area contributed by atoms with Crippen molar-refractivity contribution in [2.45, 2.75) is 52.0 Å². The van der Waals surface area contributed by atoms with Crippen LogP contribution in [-0.2, 0) is 11.2 Å². The zero-order valence-electron chi connectivity index (χ0n) is 16.5. The highest BCUT2D eigenvalue weighted by molar-refractivity contribution is 14.0. The minimum absolute atomic E-state index is 0. The summed E-state index contributed by atoms with van der Waals surface area (Å²) in [6, 6.07) is 11.0. The number of benzene rings is 1. The van der Waals surface area contributed by atoms with Gasteiger partial charge in [0.05, 0.1) is 0 Å². The van der Waals surface area contributed by atoms with Crippen LogP contribution in [0.1, 0.15) is 45.1 Å². The van der Waals surface area contributed by atoms with Crippen LogP contribution in [0.2, 0.25) is 0 Å². The van der Waals surface area contributed by atoms with E-state index in [9.17, 15) is 4.79 Å². The van der Waals surface area contributed by atoms with Crippen LogP contribution >= 0.6 is 24.0 Å². The molecule has 0 spiro atoms. The number of hydrogen-bond acceptors (Lipinski definition) is 2. The van der Waals surface area contributed by atoms with Gasteiger partial charge in [0, 0.05) is 38.6 Å². The number of nitrogens with zero attached hydrogens (tertiary/aromatic N) is 2. The van der Waals surface area contributed by atoms with Gasteiger partial charge in [0.15, 0.2) is 5.96 Å². The summed E-state index contributed by atoms with van der Waals surface area (Å²) < 4.78 is 0. The van der Waals surface area contributed by atoms with Gasteiger partial charge in [-0.25, -0.2) is 0 Å². The first kappa shape index (κ1) is 22.0. The van der Waals surface area contributed by atoms with E-state index >= 15 is 0 Å². The van der Waals surface area contributed by atoms with Crippen molar-refractivity contribution in [1.82, 2.24) is 15.5 Å². The molecule has 150 valence electrons. The summed E-state index contributed by atoms with van der Waals surface area (Å²) in [5, 5.41) is 6.90. The van der Waals surface area contributed by atoms with Crippen LogP contribution in [0.3, 0.4) is 0 Å². The molecule has 6 heteroatoms. The van der Waals surface area contributed by atoms with E-state index in [-0.39, 0.29) is 29.9 Å². The SMILES string of the molecule is CCNC(=NCC1(Cc2ccccc2)CC1)NC1CCN(C(=O)CC)C1.I. The lowest BCUT2D eigenvalue weighted by atomic mass is 9.97. The Morgan fingerprint density at radius 1 is 1.26 bits per heavy atom. The van der Waals surface area contributed by atoms with Crippen molar-refractivity contribution in [1.29, 1.82) is 0 Å². The van der Waals surface area contributed by atoms with E-state index in [0.717, 1.165) is 45.0 Å². The summed E-state index contributed by atoms with van der Waals surface area (Å²) in [5.41, 5.74) is 1.74. The fourth-order valence-electron chi connectivity index (χ4n) is 3.68. The highest BCUT2D eigenvalue weighted by Gasteiger charge is 2.42. The zero-order chi connectivity index (χ0) is 18.4. The number of amides is 1. The van der Waals surface area contributed by atoms with Crippen LogP contribution in [0.4, 0.5) is 0 Å². The van der Waals surface area contributed by atoms with E-state index in [0.29, 0.717) is 17.9 Å². The lowest BCUT2D eigenvalue weighted by molar-refractivity contribution is -0.129. The van der Waals surface area contributed by atoms with Crippen molar-refractivity contribution < 1.29 is 4.79 Å². The quantitative estimate of drug-likeness (QED) is 0.355. The number of aliphatic imine (C=N–C) groups is 1. The molecule has 2 N–H and O–H groups in total. The molecule has 1 aromatic carbocycles. The summed E-state index contributed by atoms with van der Waals surface area (Å²) in [4.78, 5) is 18.7. The van der Waals surface area contributed by atoms with Crippen LogP contribution in [-0.4, -0.2) is 49.0 Å². The van der Waals surface area contributed by atoms with Crippen molar-refractivity contribution in [2.75, 3.05) is 26.2 Å². The fraction of sp³-hybridized carbons (Fsp3) is 0.619. The highest BCUT2D eigenvalue weighted by atomic mass is 127. The molecule has 1 aromatic rings. The molecule has 0 aromatic heterocycles. The second kappa shape index (κ2) is 10.3. The van der Waals surface area contributed by atoms with Gasteiger partial charge < -0.3 is 15.5 Å². The predicted molar refractivity (Wildman–Crippen MR) is 122 cm³/mol. The van der Waals surface area contributed by atoms with E-state index in [1.807, 2.05) is 11.8 Å². The molecule has 1 heterocycles. The Hall–Kier alpha value is -1.31. The first-order chi connectivity index (χ1) is 12.6. The summed E-state index contributed by atoms with van der Waals surface area (Å²) in [6.07, 6.45) is 5.20. The Morgan fingerprint density at radius 2 is 2.00 bits per heavy atom. The highest BCUT2D eigenvalue weighted by Crippen LogP contribution is 2.48. The van der Waals surface area contributed by atoms with E-state index in [1.165, 1.54) is 18.4 Å². The molecule has 5 nitrogen and oxygen atoms in total. The molecule has 0 radical (unpaired) electrons. The second-order valence-electron chi connectivity index (χ2n) is 7.68. The summed E-state index contributed by atoms with van der Waals surface area (Å²) >= 11 is 0. The fourth-order valence-corrected chi connectivity index (χ4v) is 3.68. The van der Waals surface area contributed by atoms with Crippen molar-refractivity contribution in [3.63, 3.8) is 0 Å². The Labute approximate surface area is 180 Å². The molecule has 3 rings (SSSR count). The number of hydrogen-bond donors (Lipinski definition) is 2. The summed E-state index contributed by atoms with van der Waals surface area (Å²) in [5.74, 6) is 1.14. The zero-order valence-corrected chi connectivity index (χ0v) is 18.9. The van der Waals surface area contributed by atoms with Crippen molar-refractivity contribution in [2.24, 2.45) is 10.4 Å². The van der Waals surface area contributed by atoms with E-state index in [2.05, 4.69) is 47.9 Å². The van der Waals surface area contributed by atoms with Gasteiger partial charge in [0.25, 0.3) is 0 Å².